The predicted molar refractivity (Wildman–Crippen MR) is 107 cm³/mol. The van der Waals surface area contributed by atoms with Gasteiger partial charge in [-0.25, -0.2) is 0 Å². The van der Waals surface area contributed by atoms with Crippen LogP contribution in [0.3, 0.4) is 0 Å². The van der Waals surface area contributed by atoms with Crippen molar-refractivity contribution in [3.63, 3.8) is 0 Å². The number of hydrogen-bond donors (Lipinski definition) is 1. The van der Waals surface area contributed by atoms with E-state index >= 15 is 0 Å². The van der Waals surface area contributed by atoms with E-state index in [0.717, 1.165) is 16.5 Å². The van der Waals surface area contributed by atoms with E-state index in [-0.39, 0.29) is 11.5 Å². The first-order valence-corrected chi connectivity index (χ1v) is 9.76. The van der Waals surface area contributed by atoms with Gasteiger partial charge in [0.1, 0.15) is 0 Å². The molecule has 2 heterocycles. The van der Waals surface area contributed by atoms with Crippen molar-refractivity contribution in [1.82, 2.24) is 15.2 Å². The molecule has 136 valence electrons. The molecule has 0 aliphatic rings. The normalized spacial score (nSPS) is 11.4. The number of fused-ring (bicyclic) bond motifs is 1. The fraction of sp³-hybridized carbons (Fsp3) is 0.190. The summed E-state index contributed by atoms with van der Waals surface area (Å²) in [7, 11) is 0. The van der Waals surface area contributed by atoms with Gasteiger partial charge >= 0.3 is 0 Å². The second-order valence-electron chi connectivity index (χ2n) is 6.61. The molecular formula is C21H19N3O2S. The zero-order valence-corrected chi connectivity index (χ0v) is 15.9. The summed E-state index contributed by atoms with van der Waals surface area (Å²) >= 11 is 1.26. The molecule has 0 saturated carbocycles. The number of nitrogens with one attached hydrogen (secondary N) is 1. The van der Waals surface area contributed by atoms with E-state index in [1.165, 1.54) is 17.3 Å². The Hall–Kier alpha value is -2.86. The van der Waals surface area contributed by atoms with Crippen LogP contribution in [0.5, 0.6) is 0 Å². The number of ketones is 1. The van der Waals surface area contributed by atoms with Gasteiger partial charge in [-0.2, -0.15) is 0 Å². The largest absolute Gasteiger partial charge is 0.411 e. The second-order valence-corrected chi connectivity index (χ2v) is 7.54. The number of carbonyl (C=O) groups excluding carboxylic acids is 1. The molecule has 0 aliphatic carbocycles. The monoisotopic (exact) mass is 377 g/mol. The summed E-state index contributed by atoms with van der Waals surface area (Å²) in [6.45, 7) is 4.26. The Bertz CT molecular complexity index is 1080. The van der Waals surface area contributed by atoms with Crippen LogP contribution in [0.15, 0.2) is 64.4 Å². The topological polar surface area (TPSA) is 71.8 Å². The standard InChI is InChI=1S/C21H19N3O2S/c1-13(2)14-7-9-15(10-8-14)19(25)12-27-21-24-23-20(26-21)17-11-22-18-6-4-3-5-16(17)18/h3-11,13,22H,12H2,1-2H3. The van der Waals surface area contributed by atoms with Crippen LogP contribution in [0, 0.1) is 0 Å². The number of aromatic nitrogens is 3. The van der Waals surface area contributed by atoms with Crippen molar-refractivity contribution in [1.29, 1.82) is 0 Å². The van der Waals surface area contributed by atoms with Gasteiger partial charge in [-0.3, -0.25) is 4.79 Å². The van der Waals surface area contributed by atoms with Gasteiger partial charge < -0.3 is 9.40 Å². The molecule has 0 spiro atoms. The molecule has 0 fully saturated rings. The van der Waals surface area contributed by atoms with Crippen LogP contribution in [0.4, 0.5) is 0 Å². The number of thioether (sulfide) groups is 1. The van der Waals surface area contributed by atoms with E-state index in [2.05, 4.69) is 29.0 Å². The SMILES string of the molecule is CC(C)c1ccc(C(=O)CSc2nnc(-c3c[nH]c4ccccc34)o2)cc1. The van der Waals surface area contributed by atoms with E-state index in [9.17, 15) is 4.79 Å². The minimum atomic E-state index is 0.0437. The fourth-order valence-corrected chi connectivity index (χ4v) is 3.55. The summed E-state index contributed by atoms with van der Waals surface area (Å²) in [5.41, 5.74) is 3.79. The quantitative estimate of drug-likeness (QED) is 0.364. The maximum Gasteiger partial charge on any atom is 0.277 e. The molecule has 0 bridgehead atoms. The van der Waals surface area contributed by atoms with Gasteiger partial charge in [0, 0.05) is 22.7 Å². The lowest BCUT2D eigenvalue weighted by atomic mass is 10.0. The molecule has 27 heavy (non-hydrogen) atoms. The van der Waals surface area contributed by atoms with Gasteiger partial charge in [0.25, 0.3) is 11.1 Å². The molecule has 0 radical (unpaired) electrons. The first kappa shape index (κ1) is 17.5. The molecule has 5 nitrogen and oxygen atoms in total. The van der Waals surface area contributed by atoms with Crippen LogP contribution in [0.1, 0.15) is 35.7 Å². The van der Waals surface area contributed by atoms with Gasteiger partial charge in [-0.15, -0.1) is 10.2 Å². The predicted octanol–water partition coefficient (Wildman–Crippen LogP) is 5.32. The van der Waals surface area contributed by atoms with Crippen LogP contribution in [-0.2, 0) is 0 Å². The average molecular weight is 377 g/mol. The maximum absolute atomic E-state index is 12.4. The Morgan fingerprint density at radius 3 is 2.67 bits per heavy atom. The van der Waals surface area contributed by atoms with Crippen molar-refractivity contribution in [2.24, 2.45) is 0 Å². The van der Waals surface area contributed by atoms with E-state index in [0.29, 0.717) is 22.6 Å². The van der Waals surface area contributed by atoms with Crippen molar-refractivity contribution in [3.8, 4) is 11.5 Å². The molecule has 2 aromatic heterocycles. The third kappa shape index (κ3) is 3.66. The minimum Gasteiger partial charge on any atom is -0.411 e. The summed E-state index contributed by atoms with van der Waals surface area (Å²) in [5.74, 6) is 1.20. The zero-order chi connectivity index (χ0) is 18.8. The highest BCUT2D eigenvalue weighted by Gasteiger charge is 2.15. The maximum atomic E-state index is 12.4. The Kier molecular flexibility index (Phi) is 4.81. The zero-order valence-electron chi connectivity index (χ0n) is 15.1. The fourth-order valence-electron chi connectivity index (χ4n) is 2.89. The van der Waals surface area contributed by atoms with Crippen molar-refractivity contribution < 1.29 is 9.21 Å². The molecule has 2 aromatic carbocycles. The molecule has 0 unspecified atom stereocenters. The van der Waals surface area contributed by atoms with Crippen LogP contribution in [0.2, 0.25) is 0 Å². The smallest absolute Gasteiger partial charge is 0.277 e. The summed E-state index contributed by atoms with van der Waals surface area (Å²) in [6, 6.07) is 15.7. The Morgan fingerprint density at radius 2 is 1.89 bits per heavy atom. The van der Waals surface area contributed by atoms with Gasteiger partial charge in [0.15, 0.2) is 5.78 Å². The van der Waals surface area contributed by atoms with Crippen LogP contribution in [0.25, 0.3) is 22.4 Å². The van der Waals surface area contributed by atoms with Crippen LogP contribution < -0.4 is 0 Å². The molecule has 6 heteroatoms. The summed E-state index contributed by atoms with van der Waals surface area (Å²) in [6.07, 6.45) is 1.86. The molecule has 0 saturated heterocycles. The molecule has 0 aliphatic heterocycles. The number of hydrogen-bond acceptors (Lipinski definition) is 5. The summed E-state index contributed by atoms with van der Waals surface area (Å²) in [5, 5.41) is 9.60. The average Bonchev–Trinajstić information content (AvgIpc) is 3.32. The number of carbonyl (C=O) groups is 1. The van der Waals surface area contributed by atoms with Gasteiger partial charge in [0.2, 0.25) is 0 Å². The molecule has 0 amide bonds. The number of nitrogens with zero attached hydrogens (tertiary/aromatic N) is 2. The van der Waals surface area contributed by atoms with Crippen LogP contribution in [-0.4, -0.2) is 26.7 Å². The van der Waals surface area contributed by atoms with E-state index in [1.54, 1.807) is 0 Å². The Morgan fingerprint density at radius 1 is 1.11 bits per heavy atom. The lowest BCUT2D eigenvalue weighted by Gasteiger charge is -2.05. The number of benzene rings is 2. The number of H-pyrrole nitrogens is 1. The Labute approximate surface area is 161 Å². The van der Waals surface area contributed by atoms with Gasteiger partial charge in [-0.05, 0) is 17.5 Å². The second kappa shape index (κ2) is 7.40. The van der Waals surface area contributed by atoms with Crippen molar-refractivity contribution >= 4 is 28.4 Å². The number of aromatic amines is 1. The van der Waals surface area contributed by atoms with Crippen LogP contribution >= 0.6 is 11.8 Å². The third-order valence-electron chi connectivity index (χ3n) is 4.45. The number of para-hydroxylation sites is 1. The molecule has 4 aromatic rings. The summed E-state index contributed by atoms with van der Waals surface area (Å²) < 4.78 is 5.74. The summed E-state index contributed by atoms with van der Waals surface area (Å²) in [4.78, 5) is 15.6. The Balaban J connectivity index is 1.44. The van der Waals surface area contributed by atoms with Crippen molar-refractivity contribution in [2.75, 3.05) is 5.75 Å². The third-order valence-corrected chi connectivity index (χ3v) is 5.27. The highest BCUT2D eigenvalue weighted by Crippen LogP contribution is 2.29. The molecule has 1 N–H and O–H groups in total. The minimum absolute atomic E-state index is 0.0437. The van der Waals surface area contributed by atoms with Gasteiger partial charge in [-0.1, -0.05) is 68.1 Å². The van der Waals surface area contributed by atoms with E-state index in [1.807, 2.05) is 54.7 Å². The van der Waals surface area contributed by atoms with Crippen molar-refractivity contribution in [2.45, 2.75) is 25.0 Å². The molecular weight excluding hydrogens is 358 g/mol. The highest BCUT2D eigenvalue weighted by molar-refractivity contribution is 7.99. The lowest BCUT2D eigenvalue weighted by molar-refractivity contribution is 0.102. The van der Waals surface area contributed by atoms with E-state index < -0.39 is 0 Å². The molecule has 4 rings (SSSR count). The van der Waals surface area contributed by atoms with E-state index in [4.69, 9.17) is 4.42 Å². The number of Topliss-reactive ketones (excluding diaryl/α,β-unsaturated/α-hetero) is 1. The molecule has 0 atom stereocenters. The number of rotatable bonds is 6. The van der Waals surface area contributed by atoms with Crippen molar-refractivity contribution in [3.05, 3.63) is 65.9 Å². The van der Waals surface area contributed by atoms with Gasteiger partial charge in [0.05, 0.1) is 11.3 Å². The first-order valence-electron chi connectivity index (χ1n) is 8.78. The highest BCUT2D eigenvalue weighted by atomic mass is 32.2. The lowest BCUT2D eigenvalue weighted by Crippen LogP contribution is -2.02. The first-order chi connectivity index (χ1) is 13.1.